The standard InChI is InChI=1S/C23H25N7O3/c1-15(31)24-7-8-30(17-9-18(32-3)11-19(10-17)33-4)22-6-5-20-23(28-22)27-21(13-25-20)16-12-26-29(2)14-16/h5-6,9-14H,7-8H2,1-4H3,(H,24,31). The third-order valence-electron chi connectivity index (χ3n) is 5.03. The van der Waals surface area contributed by atoms with Crippen molar-refractivity contribution in [3.8, 4) is 22.8 Å². The summed E-state index contributed by atoms with van der Waals surface area (Å²) in [7, 11) is 5.05. The Morgan fingerprint density at radius 2 is 1.85 bits per heavy atom. The molecular formula is C23H25N7O3. The van der Waals surface area contributed by atoms with E-state index in [4.69, 9.17) is 19.4 Å². The van der Waals surface area contributed by atoms with Gasteiger partial charge in [-0.15, -0.1) is 0 Å². The number of aromatic nitrogens is 5. The fourth-order valence-corrected chi connectivity index (χ4v) is 3.40. The minimum absolute atomic E-state index is 0.100. The third-order valence-corrected chi connectivity index (χ3v) is 5.03. The van der Waals surface area contributed by atoms with E-state index in [1.807, 2.05) is 42.4 Å². The van der Waals surface area contributed by atoms with E-state index < -0.39 is 0 Å². The lowest BCUT2D eigenvalue weighted by Gasteiger charge is -2.25. The summed E-state index contributed by atoms with van der Waals surface area (Å²) in [5, 5.41) is 7.04. The number of nitrogens with one attached hydrogen (secondary N) is 1. The van der Waals surface area contributed by atoms with E-state index in [9.17, 15) is 4.79 Å². The summed E-state index contributed by atoms with van der Waals surface area (Å²) < 4.78 is 12.6. The monoisotopic (exact) mass is 447 g/mol. The lowest BCUT2D eigenvalue weighted by molar-refractivity contribution is -0.118. The molecule has 1 N–H and O–H groups in total. The number of aryl methyl sites for hydroxylation is 1. The average molecular weight is 447 g/mol. The Bertz CT molecular complexity index is 1270. The number of carbonyl (C=O) groups is 1. The molecule has 0 atom stereocenters. The van der Waals surface area contributed by atoms with Crippen LogP contribution in [0.2, 0.25) is 0 Å². The number of benzene rings is 1. The fraction of sp³-hybridized carbons (Fsp3) is 0.261. The molecule has 170 valence electrons. The minimum Gasteiger partial charge on any atom is -0.497 e. The van der Waals surface area contributed by atoms with E-state index in [1.165, 1.54) is 6.92 Å². The maximum atomic E-state index is 11.4. The molecule has 0 saturated carbocycles. The summed E-state index contributed by atoms with van der Waals surface area (Å²) in [6.07, 6.45) is 5.33. The number of fused-ring (bicyclic) bond motifs is 1. The summed E-state index contributed by atoms with van der Waals surface area (Å²) in [6.45, 7) is 2.39. The maximum Gasteiger partial charge on any atom is 0.216 e. The molecule has 1 amide bonds. The van der Waals surface area contributed by atoms with Crippen LogP contribution < -0.4 is 19.7 Å². The topological polar surface area (TPSA) is 107 Å². The summed E-state index contributed by atoms with van der Waals surface area (Å²) in [4.78, 5) is 27.4. The summed E-state index contributed by atoms with van der Waals surface area (Å²) in [6, 6.07) is 9.33. The van der Waals surface area contributed by atoms with Crippen LogP contribution >= 0.6 is 0 Å². The molecule has 3 heterocycles. The maximum absolute atomic E-state index is 11.4. The van der Waals surface area contributed by atoms with Gasteiger partial charge in [-0.05, 0) is 12.1 Å². The van der Waals surface area contributed by atoms with Crippen molar-refractivity contribution in [3.05, 3.63) is 48.9 Å². The highest BCUT2D eigenvalue weighted by Crippen LogP contribution is 2.32. The average Bonchev–Trinajstić information content (AvgIpc) is 3.26. The van der Waals surface area contributed by atoms with Gasteiger partial charge in [0.15, 0.2) is 5.65 Å². The van der Waals surface area contributed by atoms with Crippen LogP contribution in [0, 0.1) is 0 Å². The van der Waals surface area contributed by atoms with Crippen LogP contribution in [0.25, 0.3) is 22.4 Å². The normalized spacial score (nSPS) is 10.8. The zero-order valence-electron chi connectivity index (χ0n) is 18.9. The third kappa shape index (κ3) is 5.00. The molecule has 0 aliphatic rings. The van der Waals surface area contributed by atoms with Crippen molar-refractivity contribution < 1.29 is 14.3 Å². The summed E-state index contributed by atoms with van der Waals surface area (Å²) >= 11 is 0. The molecule has 10 nitrogen and oxygen atoms in total. The largest absolute Gasteiger partial charge is 0.497 e. The van der Waals surface area contributed by atoms with Gasteiger partial charge in [0.25, 0.3) is 0 Å². The van der Waals surface area contributed by atoms with E-state index in [1.54, 1.807) is 37.4 Å². The van der Waals surface area contributed by atoms with Gasteiger partial charge in [0.2, 0.25) is 5.91 Å². The lowest BCUT2D eigenvalue weighted by Crippen LogP contribution is -2.31. The molecule has 10 heteroatoms. The Morgan fingerprint density at radius 1 is 1.09 bits per heavy atom. The second kappa shape index (κ2) is 9.51. The first kappa shape index (κ1) is 22.0. The molecule has 0 unspecified atom stereocenters. The number of nitrogens with zero attached hydrogens (tertiary/aromatic N) is 6. The smallest absolute Gasteiger partial charge is 0.216 e. The van der Waals surface area contributed by atoms with Gasteiger partial charge >= 0.3 is 0 Å². The molecular weight excluding hydrogens is 422 g/mol. The Morgan fingerprint density at radius 3 is 2.48 bits per heavy atom. The van der Waals surface area contributed by atoms with Crippen LogP contribution in [0.15, 0.2) is 48.9 Å². The second-order valence-electron chi connectivity index (χ2n) is 7.38. The lowest BCUT2D eigenvalue weighted by atomic mass is 10.2. The van der Waals surface area contributed by atoms with Crippen molar-refractivity contribution in [1.82, 2.24) is 30.0 Å². The number of amides is 1. The van der Waals surface area contributed by atoms with Crippen LogP contribution in [0.5, 0.6) is 11.5 Å². The fourth-order valence-electron chi connectivity index (χ4n) is 3.40. The molecule has 3 aromatic heterocycles. The van der Waals surface area contributed by atoms with Gasteiger partial charge in [0, 0.05) is 62.7 Å². The van der Waals surface area contributed by atoms with Crippen LogP contribution in [0.3, 0.4) is 0 Å². The number of carbonyl (C=O) groups excluding carboxylic acids is 1. The molecule has 0 aliphatic carbocycles. The van der Waals surface area contributed by atoms with E-state index in [0.717, 1.165) is 11.3 Å². The highest BCUT2D eigenvalue weighted by molar-refractivity contribution is 5.77. The highest BCUT2D eigenvalue weighted by atomic mass is 16.5. The number of rotatable bonds is 8. The van der Waals surface area contributed by atoms with Crippen LogP contribution in [-0.4, -0.2) is 57.9 Å². The number of anilines is 2. The Kier molecular flexibility index (Phi) is 6.34. The van der Waals surface area contributed by atoms with Gasteiger partial charge in [-0.2, -0.15) is 5.10 Å². The Hall–Kier alpha value is -4.21. The van der Waals surface area contributed by atoms with E-state index in [0.29, 0.717) is 47.3 Å². The van der Waals surface area contributed by atoms with Crippen LogP contribution in [0.4, 0.5) is 11.5 Å². The number of hydrogen-bond donors (Lipinski definition) is 1. The number of pyridine rings is 1. The second-order valence-corrected chi connectivity index (χ2v) is 7.38. The van der Waals surface area contributed by atoms with Gasteiger partial charge in [-0.1, -0.05) is 0 Å². The van der Waals surface area contributed by atoms with Crippen molar-refractivity contribution in [3.63, 3.8) is 0 Å². The van der Waals surface area contributed by atoms with Crippen molar-refractivity contribution in [2.45, 2.75) is 6.92 Å². The molecule has 33 heavy (non-hydrogen) atoms. The summed E-state index contributed by atoms with van der Waals surface area (Å²) in [5.74, 6) is 1.85. The number of methoxy groups -OCH3 is 2. The van der Waals surface area contributed by atoms with Gasteiger partial charge in [-0.25, -0.2) is 9.97 Å². The zero-order chi connectivity index (χ0) is 23.4. The molecule has 0 aliphatic heterocycles. The Labute approximate surface area is 191 Å². The van der Waals surface area contributed by atoms with Gasteiger partial charge in [-0.3, -0.25) is 14.5 Å². The van der Waals surface area contributed by atoms with Crippen LogP contribution in [0.1, 0.15) is 6.92 Å². The minimum atomic E-state index is -0.100. The van der Waals surface area contributed by atoms with Crippen molar-refractivity contribution in [2.75, 3.05) is 32.2 Å². The van der Waals surface area contributed by atoms with E-state index in [-0.39, 0.29) is 5.91 Å². The molecule has 0 saturated heterocycles. The molecule has 4 rings (SSSR count). The molecule has 4 aromatic rings. The number of ether oxygens (including phenoxy) is 2. The van der Waals surface area contributed by atoms with Crippen molar-refractivity contribution in [2.24, 2.45) is 7.05 Å². The zero-order valence-corrected chi connectivity index (χ0v) is 18.9. The Balaban J connectivity index is 1.76. The van der Waals surface area contributed by atoms with Crippen molar-refractivity contribution >= 4 is 28.6 Å². The predicted molar refractivity (Wildman–Crippen MR) is 125 cm³/mol. The molecule has 0 bridgehead atoms. The van der Waals surface area contributed by atoms with Crippen molar-refractivity contribution in [1.29, 1.82) is 0 Å². The van der Waals surface area contributed by atoms with Gasteiger partial charge < -0.3 is 19.7 Å². The van der Waals surface area contributed by atoms with Gasteiger partial charge in [0.05, 0.1) is 32.3 Å². The van der Waals surface area contributed by atoms with E-state index >= 15 is 0 Å². The molecule has 1 aromatic carbocycles. The first-order chi connectivity index (χ1) is 16.0. The van der Waals surface area contributed by atoms with Crippen LogP contribution in [-0.2, 0) is 11.8 Å². The van der Waals surface area contributed by atoms with Gasteiger partial charge in [0.1, 0.15) is 22.8 Å². The SMILES string of the molecule is COc1cc(OC)cc(N(CCNC(C)=O)c2ccc3ncc(-c4cnn(C)c4)nc3n2)c1. The first-order valence-electron chi connectivity index (χ1n) is 10.3. The molecule has 0 radical (unpaired) electrons. The number of hydrogen-bond acceptors (Lipinski definition) is 8. The summed E-state index contributed by atoms with van der Waals surface area (Å²) in [5.41, 5.74) is 3.54. The quantitative estimate of drug-likeness (QED) is 0.439. The highest BCUT2D eigenvalue weighted by Gasteiger charge is 2.16. The molecule has 0 spiro atoms. The predicted octanol–water partition coefficient (Wildman–Crippen LogP) is 2.72. The molecule has 0 fully saturated rings. The first-order valence-corrected chi connectivity index (χ1v) is 10.3. The van der Waals surface area contributed by atoms with E-state index in [2.05, 4.69) is 15.4 Å².